The number of para-hydroxylation sites is 1. The van der Waals surface area contributed by atoms with Gasteiger partial charge in [0.2, 0.25) is 5.91 Å². The maximum Gasteiger partial charge on any atom is 0.255 e. The highest BCUT2D eigenvalue weighted by Crippen LogP contribution is 2.28. The zero-order valence-corrected chi connectivity index (χ0v) is 16.0. The number of nitrogens with one attached hydrogen (secondary N) is 2. The minimum Gasteiger partial charge on any atom is -0.493 e. The average Bonchev–Trinajstić information content (AvgIpc) is 2.66. The molecule has 3 amide bonds. The van der Waals surface area contributed by atoms with Crippen LogP contribution in [0.1, 0.15) is 10.4 Å². The number of carbonyl (C=O) groups is 3. The maximum atomic E-state index is 12.2. The Morgan fingerprint density at radius 2 is 1.85 bits per heavy atom. The van der Waals surface area contributed by atoms with Gasteiger partial charge in [0.15, 0.2) is 18.1 Å². The quantitative estimate of drug-likeness (QED) is 0.582. The number of ether oxygens (including phenoxy) is 2. The van der Waals surface area contributed by atoms with Crippen molar-refractivity contribution >= 4 is 39.3 Å². The fraction of sp³-hybridized carbons (Fsp3) is 0.167. The number of methoxy groups -OCH3 is 1. The Hall–Kier alpha value is -3.07. The van der Waals surface area contributed by atoms with Gasteiger partial charge in [0.05, 0.1) is 19.3 Å². The van der Waals surface area contributed by atoms with Crippen LogP contribution < -0.4 is 25.8 Å². The molecule has 0 saturated heterocycles. The van der Waals surface area contributed by atoms with Crippen LogP contribution in [-0.4, -0.2) is 38.0 Å². The van der Waals surface area contributed by atoms with E-state index in [1.54, 1.807) is 18.2 Å². The molecule has 0 atom stereocenters. The van der Waals surface area contributed by atoms with Crippen molar-refractivity contribution in [1.29, 1.82) is 0 Å². The monoisotopic (exact) mass is 435 g/mol. The third-order valence-electron chi connectivity index (χ3n) is 3.35. The predicted molar refractivity (Wildman–Crippen MR) is 103 cm³/mol. The molecule has 0 unspecified atom stereocenters. The summed E-state index contributed by atoms with van der Waals surface area (Å²) in [6, 6.07) is 11.6. The van der Waals surface area contributed by atoms with Gasteiger partial charge in [-0.05, 0) is 46.3 Å². The average molecular weight is 436 g/mol. The number of hydrogen-bond donors (Lipinski definition) is 3. The Labute approximate surface area is 164 Å². The van der Waals surface area contributed by atoms with E-state index in [1.807, 2.05) is 6.07 Å². The molecule has 142 valence electrons. The van der Waals surface area contributed by atoms with Gasteiger partial charge in [-0.3, -0.25) is 14.4 Å². The number of benzene rings is 2. The third-order valence-corrected chi connectivity index (χ3v) is 4.04. The fourth-order valence-corrected chi connectivity index (χ4v) is 2.48. The molecule has 0 spiro atoms. The Morgan fingerprint density at radius 1 is 1.11 bits per heavy atom. The van der Waals surface area contributed by atoms with Gasteiger partial charge < -0.3 is 25.8 Å². The lowest BCUT2D eigenvalue weighted by Crippen LogP contribution is -2.32. The van der Waals surface area contributed by atoms with Gasteiger partial charge in [0.1, 0.15) is 0 Å². The first kappa shape index (κ1) is 20.2. The molecule has 0 heterocycles. The number of nitrogens with two attached hydrogens (primary N) is 1. The number of halogens is 1. The highest BCUT2D eigenvalue weighted by molar-refractivity contribution is 9.10. The topological polar surface area (TPSA) is 120 Å². The van der Waals surface area contributed by atoms with E-state index >= 15 is 0 Å². The van der Waals surface area contributed by atoms with Crippen LogP contribution in [0.15, 0.2) is 46.9 Å². The van der Waals surface area contributed by atoms with Gasteiger partial charge in [0.25, 0.3) is 11.8 Å². The smallest absolute Gasteiger partial charge is 0.255 e. The van der Waals surface area contributed by atoms with Crippen LogP contribution in [0.25, 0.3) is 0 Å². The summed E-state index contributed by atoms with van der Waals surface area (Å²) >= 11 is 3.33. The van der Waals surface area contributed by atoms with Gasteiger partial charge in [-0.1, -0.05) is 12.1 Å². The maximum absolute atomic E-state index is 12.2. The molecule has 2 aromatic carbocycles. The molecule has 0 bridgehead atoms. The molecular weight excluding hydrogens is 418 g/mol. The van der Waals surface area contributed by atoms with Gasteiger partial charge in [-0.2, -0.15) is 0 Å². The zero-order chi connectivity index (χ0) is 19.8. The fourth-order valence-electron chi connectivity index (χ4n) is 2.10. The van der Waals surface area contributed by atoms with Crippen molar-refractivity contribution in [3.05, 3.63) is 52.5 Å². The first-order valence-electron chi connectivity index (χ1n) is 7.82. The molecule has 0 fully saturated rings. The Balaban J connectivity index is 1.96. The first-order valence-corrected chi connectivity index (χ1v) is 8.61. The second-order valence-corrected chi connectivity index (χ2v) is 6.19. The van der Waals surface area contributed by atoms with Crippen LogP contribution in [0.5, 0.6) is 11.5 Å². The lowest BCUT2D eigenvalue weighted by molar-refractivity contribution is -0.120. The number of hydrogen-bond acceptors (Lipinski definition) is 5. The molecule has 0 saturated carbocycles. The number of carbonyl (C=O) groups excluding carboxylic acids is 3. The lowest BCUT2D eigenvalue weighted by atomic mass is 10.2. The summed E-state index contributed by atoms with van der Waals surface area (Å²) in [6.45, 7) is -0.514. The van der Waals surface area contributed by atoms with Gasteiger partial charge in [-0.25, -0.2) is 0 Å². The van der Waals surface area contributed by atoms with E-state index in [4.69, 9.17) is 15.2 Å². The number of amides is 3. The van der Waals surface area contributed by atoms with Gasteiger partial charge in [-0.15, -0.1) is 0 Å². The summed E-state index contributed by atoms with van der Waals surface area (Å²) in [7, 11) is 1.40. The standard InChI is InChI=1S/C18H18BrN3O5/c1-26-15-8-11(6-7-14(15)27-10-16(20)23)18(25)21-9-17(24)22-13-5-3-2-4-12(13)19/h2-8H,9-10H2,1H3,(H2,20,23)(H,21,25)(H,22,24). The van der Waals surface area contributed by atoms with Crippen molar-refractivity contribution in [2.75, 3.05) is 25.6 Å². The van der Waals surface area contributed by atoms with Crippen LogP contribution in [-0.2, 0) is 9.59 Å². The van der Waals surface area contributed by atoms with Gasteiger partial charge >= 0.3 is 0 Å². The van der Waals surface area contributed by atoms with E-state index < -0.39 is 11.8 Å². The number of anilines is 1. The summed E-state index contributed by atoms with van der Waals surface area (Å²) in [6.07, 6.45) is 0. The van der Waals surface area contributed by atoms with E-state index in [9.17, 15) is 14.4 Å². The summed E-state index contributed by atoms with van der Waals surface area (Å²) < 4.78 is 11.1. The van der Waals surface area contributed by atoms with Crippen LogP contribution in [0.2, 0.25) is 0 Å². The van der Waals surface area contributed by atoms with Crippen LogP contribution in [0, 0.1) is 0 Å². The van der Waals surface area contributed by atoms with Crippen molar-refractivity contribution < 1.29 is 23.9 Å². The Morgan fingerprint density at radius 3 is 2.52 bits per heavy atom. The van der Waals surface area contributed by atoms with Crippen LogP contribution >= 0.6 is 15.9 Å². The summed E-state index contributed by atoms with van der Waals surface area (Å²) in [5, 5.41) is 5.21. The molecule has 8 nitrogen and oxygen atoms in total. The molecular formula is C18H18BrN3O5. The summed E-state index contributed by atoms with van der Waals surface area (Å²) in [5.74, 6) is -0.920. The highest BCUT2D eigenvalue weighted by Gasteiger charge is 2.13. The van der Waals surface area contributed by atoms with Crippen molar-refractivity contribution in [2.45, 2.75) is 0 Å². The van der Waals surface area contributed by atoms with E-state index in [1.165, 1.54) is 25.3 Å². The van der Waals surface area contributed by atoms with Crippen molar-refractivity contribution in [1.82, 2.24) is 5.32 Å². The molecule has 0 aliphatic heterocycles. The Bertz CT molecular complexity index is 857. The highest BCUT2D eigenvalue weighted by atomic mass is 79.9. The molecule has 2 rings (SSSR count). The van der Waals surface area contributed by atoms with Crippen molar-refractivity contribution in [3.8, 4) is 11.5 Å². The molecule has 0 aliphatic carbocycles. The van der Waals surface area contributed by atoms with Gasteiger partial charge in [0, 0.05) is 10.0 Å². The molecule has 0 aromatic heterocycles. The minimum atomic E-state index is -0.630. The molecule has 0 aliphatic rings. The zero-order valence-electron chi connectivity index (χ0n) is 14.5. The van der Waals surface area contributed by atoms with Crippen LogP contribution in [0.4, 0.5) is 5.69 Å². The normalized spacial score (nSPS) is 10.0. The SMILES string of the molecule is COc1cc(C(=O)NCC(=O)Nc2ccccc2Br)ccc1OCC(N)=O. The number of primary amides is 1. The predicted octanol–water partition coefficient (Wildman–Crippen LogP) is 1.69. The second kappa shape index (κ2) is 9.58. The number of rotatable bonds is 8. The summed E-state index contributed by atoms with van der Waals surface area (Å²) in [4.78, 5) is 35.0. The molecule has 4 N–H and O–H groups in total. The van der Waals surface area contributed by atoms with Crippen molar-refractivity contribution in [2.24, 2.45) is 5.73 Å². The molecule has 27 heavy (non-hydrogen) atoms. The molecule has 2 aromatic rings. The minimum absolute atomic E-state index is 0.206. The first-order chi connectivity index (χ1) is 12.9. The molecule has 9 heteroatoms. The van der Waals surface area contributed by atoms with E-state index in [0.717, 1.165) is 4.47 Å². The Kier molecular flexibility index (Phi) is 7.18. The van der Waals surface area contributed by atoms with E-state index in [2.05, 4.69) is 26.6 Å². The van der Waals surface area contributed by atoms with Crippen LogP contribution in [0.3, 0.4) is 0 Å². The lowest BCUT2D eigenvalue weighted by Gasteiger charge is -2.12. The molecule has 0 radical (unpaired) electrons. The van der Waals surface area contributed by atoms with Crippen molar-refractivity contribution in [3.63, 3.8) is 0 Å². The largest absolute Gasteiger partial charge is 0.493 e. The third kappa shape index (κ3) is 6.00. The van der Waals surface area contributed by atoms with E-state index in [0.29, 0.717) is 5.69 Å². The summed E-state index contributed by atoms with van der Waals surface area (Å²) in [5.41, 5.74) is 5.91. The van der Waals surface area contributed by atoms with E-state index in [-0.39, 0.29) is 36.1 Å². The second-order valence-electron chi connectivity index (χ2n) is 5.33.